The largest absolute Gasteiger partial charge is 0.269 e. The van der Waals surface area contributed by atoms with Crippen molar-refractivity contribution in [3.05, 3.63) is 36.5 Å². The molecule has 0 aromatic rings. The van der Waals surface area contributed by atoms with E-state index < -0.39 is 0 Å². The Labute approximate surface area is 83.4 Å². The van der Waals surface area contributed by atoms with Gasteiger partial charge in [-0.05, 0) is 13.8 Å². The Bertz CT molecular complexity index is 121. The summed E-state index contributed by atoms with van der Waals surface area (Å²) >= 11 is 0. The molecular formula is C12H25F. The van der Waals surface area contributed by atoms with Gasteiger partial charge in [-0.25, -0.2) is 0 Å². The molecule has 0 saturated carbocycles. The third-order valence-corrected chi connectivity index (χ3v) is 0.874. The van der Waals surface area contributed by atoms with Gasteiger partial charge in [0.2, 0.25) is 0 Å². The summed E-state index contributed by atoms with van der Waals surface area (Å²) in [6.07, 6.45) is 7.84. The zero-order valence-electron chi connectivity index (χ0n) is 9.92. The first-order valence-electron chi connectivity index (χ1n) is 4.73. The van der Waals surface area contributed by atoms with Crippen LogP contribution in [-0.2, 0) is 0 Å². The van der Waals surface area contributed by atoms with Crippen molar-refractivity contribution >= 4 is 0 Å². The van der Waals surface area contributed by atoms with Crippen LogP contribution in [0.4, 0.5) is 4.70 Å². The molecule has 0 aromatic carbocycles. The van der Waals surface area contributed by atoms with Gasteiger partial charge in [0, 0.05) is 0 Å². The van der Waals surface area contributed by atoms with Crippen molar-refractivity contribution in [1.82, 2.24) is 0 Å². The molecule has 0 aromatic heterocycles. The molecule has 0 saturated heterocycles. The van der Waals surface area contributed by atoms with Gasteiger partial charge in [0.05, 0.1) is 0 Å². The monoisotopic (exact) mass is 188 g/mol. The maximum Gasteiger partial charge on any atom is -0.0398 e. The molecule has 0 spiro atoms. The SMILES string of the molecule is C=C/C(C)=C\C=C\C.CC.CC.F. The fraction of sp³-hybridized carbons (Fsp3) is 0.500. The molecule has 0 aliphatic rings. The molecule has 0 aliphatic heterocycles. The Morgan fingerprint density at radius 2 is 1.46 bits per heavy atom. The van der Waals surface area contributed by atoms with Gasteiger partial charge in [0.15, 0.2) is 0 Å². The second-order valence-electron chi connectivity index (χ2n) is 1.64. The molecule has 0 fully saturated rings. The van der Waals surface area contributed by atoms with E-state index in [0.29, 0.717) is 0 Å². The summed E-state index contributed by atoms with van der Waals surface area (Å²) in [5, 5.41) is 0. The Morgan fingerprint density at radius 1 is 1.08 bits per heavy atom. The lowest BCUT2D eigenvalue weighted by Gasteiger charge is -1.81. The third-order valence-electron chi connectivity index (χ3n) is 0.874. The normalized spacial score (nSPS) is 8.62. The van der Waals surface area contributed by atoms with Crippen LogP contribution in [0.5, 0.6) is 0 Å². The Balaban J connectivity index is -0.0000000712. The first-order chi connectivity index (χ1) is 5.81. The average molecular weight is 188 g/mol. The van der Waals surface area contributed by atoms with Gasteiger partial charge < -0.3 is 0 Å². The van der Waals surface area contributed by atoms with Crippen molar-refractivity contribution in [2.45, 2.75) is 41.5 Å². The highest BCUT2D eigenvalue weighted by Crippen LogP contribution is 1.91. The van der Waals surface area contributed by atoms with Crippen LogP contribution in [0.2, 0.25) is 0 Å². The molecule has 0 atom stereocenters. The highest BCUT2D eigenvalue weighted by molar-refractivity contribution is 5.18. The molecule has 0 nitrogen and oxygen atoms in total. The number of rotatable bonds is 2. The molecule has 80 valence electrons. The van der Waals surface area contributed by atoms with Crippen LogP contribution in [-0.4, -0.2) is 0 Å². The maximum atomic E-state index is 3.61. The fourth-order valence-corrected chi connectivity index (χ4v) is 0.316. The summed E-state index contributed by atoms with van der Waals surface area (Å²) < 4.78 is 0. The van der Waals surface area contributed by atoms with Crippen LogP contribution in [0.15, 0.2) is 36.5 Å². The standard InChI is InChI=1S/C8H12.2C2H6.FH/c1-4-6-7-8(3)5-2;2*1-2;/h4-7H,2H2,1,3H3;2*1-2H3;1H/b6-4+,8-7-;;;. The molecule has 0 radical (unpaired) electrons. The quantitative estimate of drug-likeness (QED) is 0.541. The van der Waals surface area contributed by atoms with Crippen LogP contribution >= 0.6 is 0 Å². The maximum absolute atomic E-state index is 3.61. The molecule has 0 amide bonds. The summed E-state index contributed by atoms with van der Waals surface area (Å²) in [5.74, 6) is 0. The van der Waals surface area contributed by atoms with Crippen LogP contribution in [0, 0.1) is 0 Å². The number of halogens is 1. The summed E-state index contributed by atoms with van der Waals surface area (Å²) in [6.45, 7) is 15.6. The zero-order valence-corrected chi connectivity index (χ0v) is 9.92. The van der Waals surface area contributed by atoms with Crippen molar-refractivity contribution in [2.24, 2.45) is 0 Å². The van der Waals surface area contributed by atoms with Crippen LogP contribution in [0.25, 0.3) is 0 Å². The molecule has 0 unspecified atom stereocenters. The van der Waals surface area contributed by atoms with E-state index in [9.17, 15) is 0 Å². The van der Waals surface area contributed by atoms with E-state index in [4.69, 9.17) is 0 Å². The van der Waals surface area contributed by atoms with E-state index in [1.165, 1.54) is 5.57 Å². The highest BCUT2D eigenvalue weighted by Gasteiger charge is 1.70. The van der Waals surface area contributed by atoms with E-state index >= 15 is 0 Å². The van der Waals surface area contributed by atoms with Gasteiger partial charge >= 0.3 is 0 Å². The predicted octanol–water partition coefficient (Wildman–Crippen LogP) is 4.90. The first-order valence-corrected chi connectivity index (χ1v) is 4.73. The second-order valence-corrected chi connectivity index (χ2v) is 1.64. The molecular weight excluding hydrogens is 163 g/mol. The van der Waals surface area contributed by atoms with E-state index in [1.807, 2.05) is 65.8 Å². The van der Waals surface area contributed by atoms with Gasteiger partial charge in [-0.2, -0.15) is 0 Å². The van der Waals surface area contributed by atoms with Gasteiger partial charge in [-0.1, -0.05) is 64.2 Å². The summed E-state index contributed by atoms with van der Waals surface area (Å²) in [6, 6.07) is 0. The minimum absolute atomic E-state index is 0. The van der Waals surface area contributed by atoms with Crippen molar-refractivity contribution < 1.29 is 4.70 Å². The third kappa shape index (κ3) is 35.2. The van der Waals surface area contributed by atoms with Gasteiger partial charge in [0.25, 0.3) is 0 Å². The van der Waals surface area contributed by atoms with E-state index in [1.54, 1.807) is 0 Å². The van der Waals surface area contributed by atoms with Crippen molar-refractivity contribution in [2.75, 3.05) is 0 Å². The topological polar surface area (TPSA) is 0 Å². The molecule has 0 heterocycles. The molecule has 13 heavy (non-hydrogen) atoms. The molecule has 0 rings (SSSR count). The number of allylic oxidation sites excluding steroid dienone is 5. The number of hydrogen-bond acceptors (Lipinski definition) is 0. The lowest BCUT2D eigenvalue weighted by atomic mass is 10.3. The van der Waals surface area contributed by atoms with E-state index in [-0.39, 0.29) is 4.70 Å². The van der Waals surface area contributed by atoms with E-state index in [0.717, 1.165) is 0 Å². The zero-order chi connectivity index (χ0) is 10.4. The van der Waals surface area contributed by atoms with Gasteiger partial charge in [-0.15, -0.1) is 0 Å². The summed E-state index contributed by atoms with van der Waals surface area (Å²) in [5.41, 5.74) is 1.20. The van der Waals surface area contributed by atoms with Crippen molar-refractivity contribution in [3.63, 3.8) is 0 Å². The lowest BCUT2D eigenvalue weighted by molar-refractivity contribution is 1.11. The average Bonchev–Trinajstić information content (AvgIpc) is 2.20. The second kappa shape index (κ2) is 30.4. The molecule has 0 aliphatic carbocycles. The van der Waals surface area contributed by atoms with Crippen molar-refractivity contribution in [1.29, 1.82) is 0 Å². The Hall–Kier alpha value is -0.850. The van der Waals surface area contributed by atoms with E-state index in [2.05, 4.69) is 6.58 Å². The predicted molar refractivity (Wildman–Crippen MR) is 64.0 cm³/mol. The van der Waals surface area contributed by atoms with Crippen molar-refractivity contribution in [3.8, 4) is 0 Å². The van der Waals surface area contributed by atoms with Crippen LogP contribution < -0.4 is 0 Å². The minimum atomic E-state index is 0. The Morgan fingerprint density at radius 3 is 1.69 bits per heavy atom. The van der Waals surface area contributed by atoms with Gasteiger partial charge in [0.1, 0.15) is 0 Å². The van der Waals surface area contributed by atoms with Crippen LogP contribution in [0.3, 0.4) is 0 Å². The fourth-order valence-electron chi connectivity index (χ4n) is 0.316. The summed E-state index contributed by atoms with van der Waals surface area (Å²) in [4.78, 5) is 0. The number of hydrogen-bond donors (Lipinski definition) is 0. The minimum Gasteiger partial charge on any atom is -0.269 e. The smallest absolute Gasteiger partial charge is 0.0398 e. The lowest BCUT2D eigenvalue weighted by Crippen LogP contribution is -1.60. The highest BCUT2D eigenvalue weighted by atomic mass is 19.0. The van der Waals surface area contributed by atoms with Crippen LogP contribution in [0.1, 0.15) is 41.5 Å². The summed E-state index contributed by atoms with van der Waals surface area (Å²) in [7, 11) is 0. The Kier molecular flexibility index (Phi) is 53.1. The first kappa shape index (κ1) is 22.7. The van der Waals surface area contributed by atoms with Gasteiger partial charge in [-0.3, -0.25) is 4.70 Å². The molecule has 0 bridgehead atoms. The molecule has 0 N–H and O–H groups in total. The molecule has 1 heteroatoms.